The topological polar surface area (TPSA) is 136 Å². The number of carbonyl (C=O) groups excluding carboxylic acids is 1. The van der Waals surface area contributed by atoms with E-state index in [0.717, 1.165) is 55.8 Å². The predicted molar refractivity (Wildman–Crippen MR) is 192 cm³/mol. The zero-order valence-corrected chi connectivity index (χ0v) is 29.3. The third-order valence-electron chi connectivity index (χ3n) is 8.53. The van der Waals surface area contributed by atoms with Gasteiger partial charge in [-0.3, -0.25) is 4.79 Å². The normalized spacial score (nSPS) is 13.5. The van der Waals surface area contributed by atoms with Crippen LogP contribution in [0.2, 0.25) is 0 Å². The molecule has 0 bridgehead atoms. The number of nitrogens with one attached hydrogen (secondary N) is 2. The van der Waals surface area contributed by atoms with Crippen LogP contribution in [0.15, 0.2) is 54.7 Å². The summed E-state index contributed by atoms with van der Waals surface area (Å²) in [5, 5.41) is 5.98. The van der Waals surface area contributed by atoms with Crippen molar-refractivity contribution in [1.82, 2.24) is 19.8 Å². The molecule has 1 aromatic heterocycles. The van der Waals surface area contributed by atoms with Gasteiger partial charge < -0.3 is 45.1 Å². The maximum Gasteiger partial charge on any atom is 0.262 e. The molecule has 4 aromatic rings. The van der Waals surface area contributed by atoms with E-state index in [9.17, 15) is 4.79 Å². The quantitative estimate of drug-likeness (QED) is 0.136. The average Bonchev–Trinajstić information content (AvgIpc) is 3.10. The molecule has 1 aliphatic heterocycles. The average molecular weight is 688 g/mol. The Morgan fingerprint density at radius 3 is 2.32 bits per heavy atom. The zero-order valence-electron chi connectivity index (χ0n) is 29.3. The molecule has 0 unspecified atom stereocenters. The van der Waals surface area contributed by atoms with Gasteiger partial charge in [-0.2, -0.15) is 4.98 Å². The Morgan fingerprint density at radius 2 is 1.68 bits per heavy atom. The maximum absolute atomic E-state index is 15.1. The summed E-state index contributed by atoms with van der Waals surface area (Å²) in [6.07, 6.45) is 2.74. The number of nitrogens with zero attached hydrogens (tertiary/aromatic N) is 4. The number of para-hydroxylation sites is 1. The van der Waals surface area contributed by atoms with E-state index in [1.807, 2.05) is 32.0 Å². The minimum Gasteiger partial charge on any atom is -0.493 e. The lowest BCUT2D eigenvalue weighted by Crippen LogP contribution is -2.44. The van der Waals surface area contributed by atoms with Gasteiger partial charge >= 0.3 is 0 Å². The van der Waals surface area contributed by atoms with E-state index in [-0.39, 0.29) is 28.9 Å². The molecular weight excluding hydrogens is 641 g/mol. The van der Waals surface area contributed by atoms with Gasteiger partial charge in [0.2, 0.25) is 17.6 Å². The van der Waals surface area contributed by atoms with Gasteiger partial charge in [-0.1, -0.05) is 18.2 Å². The number of aromatic nitrogens is 2. The molecule has 266 valence electrons. The maximum atomic E-state index is 15.1. The number of anilines is 3. The second-order valence-corrected chi connectivity index (χ2v) is 12.2. The number of nitrogens with two attached hydrogens (primary N) is 1. The first-order chi connectivity index (χ1) is 24.2. The van der Waals surface area contributed by atoms with E-state index in [2.05, 4.69) is 37.4 Å². The van der Waals surface area contributed by atoms with Gasteiger partial charge in [0, 0.05) is 56.4 Å². The fourth-order valence-electron chi connectivity index (χ4n) is 5.66. The van der Waals surface area contributed by atoms with E-state index in [1.165, 1.54) is 26.5 Å². The predicted octanol–water partition coefficient (Wildman–Crippen LogP) is 5.56. The van der Waals surface area contributed by atoms with E-state index < -0.39 is 11.7 Å². The van der Waals surface area contributed by atoms with Crippen LogP contribution in [-0.2, 0) is 6.42 Å². The van der Waals surface area contributed by atoms with Crippen molar-refractivity contribution < 1.29 is 28.1 Å². The number of likely N-dealkylation sites (N-methyl/N-ethyl adjacent to an activating group) is 1. The van der Waals surface area contributed by atoms with E-state index in [0.29, 0.717) is 42.4 Å². The molecule has 1 saturated heterocycles. The highest BCUT2D eigenvalue weighted by atomic mass is 19.1. The molecule has 0 atom stereocenters. The molecule has 4 N–H and O–H groups in total. The molecule has 2 heterocycles. The third-order valence-corrected chi connectivity index (χ3v) is 8.53. The van der Waals surface area contributed by atoms with Crippen molar-refractivity contribution in [1.29, 1.82) is 0 Å². The first kappa shape index (κ1) is 36.3. The van der Waals surface area contributed by atoms with Crippen LogP contribution in [0.4, 0.5) is 21.7 Å². The number of halogens is 1. The highest BCUT2D eigenvalue weighted by molar-refractivity contribution is 6.06. The van der Waals surface area contributed by atoms with Crippen LogP contribution < -0.4 is 35.3 Å². The fourth-order valence-corrected chi connectivity index (χ4v) is 5.66. The Kier molecular flexibility index (Phi) is 12.4. The second kappa shape index (κ2) is 17.1. The lowest BCUT2D eigenvalue weighted by molar-refractivity contribution is 0.102. The van der Waals surface area contributed by atoms with Crippen LogP contribution in [-0.4, -0.2) is 92.8 Å². The number of benzene rings is 3. The Labute approximate surface area is 292 Å². The van der Waals surface area contributed by atoms with Gasteiger partial charge in [-0.25, -0.2) is 9.37 Å². The number of rotatable bonds is 15. The molecule has 13 heteroatoms. The van der Waals surface area contributed by atoms with E-state index in [1.54, 1.807) is 24.3 Å². The monoisotopic (exact) mass is 687 g/mol. The first-order valence-electron chi connectivity index (χ1n) is 16.7. The lowest BCUT2D eigenvalue weighted by Gasteiger charge is -2.32. The minimum absolute atomic E-state index is 0.0554. The van der Waals surface area contributed by atoms with Crippen molar-refractivity contribution in [3.63, 3.8) is 0 Å². The first-order valence-corrected chi connectivity index (χ1v) is 16.7. The number of amides is 1. The molecule has 0 aliphatic carbocycles. The molecule has 0 saturated carbocycles. The molecule has 0 spiro atoms. The zero-order chi connectivity index (χ0) is 35.6. The lowest BCUT2D eigenvalue weighted by atomic mass is 10.1. The number of hydrogen-bond donors (Lipinski definition) is 3. The van der Waals surface area contributed by atoms with E-state index >= 15 is 4.39 Å². The number of hydrogen-bond acceptors (Lipinski definition) is 11. The van der Waals surface area contributed by atoms with Crippen LogP contribution >= 0.6 is 0 Å². The summed E-state index contributed by atoms with van der Waals surface area (Å²) in [6, 6.07) is 13.9. The van der Waals surface area contributed by atoms with Gasteiger partial charge in [-0.05, 0) is 81.2 Å². The van der Waals surface area contributed by atoms with Crippen molar-refractivity contribution in [2.24, 2.45) is 5.73 Å². The minimum atomic E-state index is -0.525. The van der Waals surface area contributed by atoms with E-state index in [4.69, 9.17) is 24.7 Å². The van der Waals surface area contributed by atoms with Gasteiger partial charge in [0.15, 0.2) is 23.1 Å². The van der Waals surface area contributed by atoms with Crippen molar-refractivity contribution in [2.75, 3.05) is 77.8 Å². The molecule has 12 nitrogen and oxygen atoms in total. The number of carbonyl (C=O) groups is 1. The van der Waals surface area contributed by atoms with Crippen LogP contribution in [0.1, 0.15) is 33.5 Å². The third kappa shape index (κ3) is 9.17. The summed E-state index contributed by atoms with van der Waals surface area (Å²) in [5.74, 6) is 0.0871. The number of piperazine rings is 1. The summed E-state index contributed by atoms with van der Waals surface area (Å²) in [7, 11) is 5.14. The van der Waals surface area contributed by atoms with Crippen molar-refractivity contribution in [3.05, 3.63) is 82.8 Å². The molecule has 3 aromatic carbocycles. The number of aryl methyl sites for hydroxylation is 2. The van der Waals surface area contributed by atoms with Crippen LogP contribution in [0.3, 0.4) is 0 Å². The van der Waals surface area contributed by atoms with Gasteiger partial charge in [-0.15, -0.1) is 0 Å². The summed E-state index contributed by atoms with van der Waals surface area (Å²) < 4.78 is 38.4. The molecule has 50 heavy (non-hydrogen) atoms. The van der Waals surface area contributed by atoms with Gasteiger partial charge in [0.05, 0.1) is 20.8 Å². The standard InChI is InChI=1S/C37H46FN7O5/c1-24-8-6-9-25(2)33(24)42-35(46)28-23-40-37(43-36(28)50-34-31(47-4)20-26(12-13-39)21-32(34)48-5)41-27-10-11-30(29(38)22-27)49-19-7-14-45-17-15-44(3)16-18-45/h6,8-11,20-23H,7,12-19,39H2,1-5H3,(H,42,46)(H,40,41,43). The summed E-state index contributed by atoms with van der Waals surface area (Å²) in [4.78, 5) is 27.3. The van der Waals surface area contributed by atoms with Crippen LogP contribution in [0.5, 0.6) is 28.9 Å². The highest BCUT2D eigenvalue weighted by Gasteiger charge is 2.23. The highest BCUT2D eigenvalue weighted by Crippen LogP contribution is 2.42. The van der Waals surface area contributed by atoms with Crippen molar-refractivity contribution >= 4 is 23.2 Å². The van der Waals surface area contributed by atoms with Crippen LogP contribution in [0.25, 0.3) is 0 Å². The Hall–Kier alpha value is -4.98. The largest absolute Gasteiger partial charge is 0.493 e. The smallest absolute Gasteiger partial charge is 0.262 e. The van der Waals surface area contributed by atoms with Gasteiger partial charge in [0.25, 0.3) is 5.91 Å². The molecule has 1 fully saturated rings. The van der Waals surface area contributed by atoms with Crippen LogP contribution in [0, 0.1) is 19.7 Å². The molecular formula is C37H46FN7O5. The molecule has 1 amide bonds. The number of ether oxygens (including phenoxy) is 4. The van der Waals surface area contributed by atoms with Crippen molar-refractivity contribution in [3.8, 4) is 28.9 Å². The SMILES string of the molecule is COc1cc(CCN)cc(OC)c1Oc1nc(Nc2ccc(OCCCN3CCN(C)CC3)c(F)c2)ncc1C(=O)Nc1c(C)cccc1C. The van der Waals surface area contributed by atoms with Crippen molar-refractivity contribution in [2.45, 2.75) is 26.7 Å². The second-order valence-electron chi connectivity index (χ2n) is 12.2. The Balaban J connectivity index is 1.37. The Bertz CT molecular complexity index is 1740. The summed E-state index contributed by atoms with van der Waals surface area (Å²) >= 11 is 0. The molecule has 0 radical (unpaired) electrons. The molecule has 1 aliphatic rings. The molecule has 5 rings (SSSR count). The van der Waals surface area contributed by atoms with Gasteiger partial charge in [0.1, 0.15) is 5.56 Å². The Morgan fingerprint density at radius 1 is 0.980 bits per heavy atom. The fraction of sp³-hybridized carbons (Fsp3) is 0.378. The summed E-state index contributed by atoms with van der Waals surface area (Å²) in [6.45, 7) is 9.72. The number of methoxy groups -OCH3 is 2. The summed E-state index contributed by atoms with van der Waals surface area (Å²) in [5.41, 5.74) is 9.56.